The van der Waals surface area contributed by atoms with Gasteiger partial charge in [0.05, 0.1) is 30.8 Å². The van der Waals surface area contributed by atoms with Crippen molar-refractivity contribution in [3.63, 3.8) is 0 Å². The second-order valence-electron chi connectivity index (χ2n) is 7.19. The zero-order valence-electron chi connectivity index (χ0n) is 18.5. The predicted octanol–water partition coefficient (Wildman–Crippen LogP) is 4.43. The first-order valence-electron chi connectivity index (χ1n) is 10.1. The van der Waals surface area contributed by atoms with Crippen molar-refractivity contribution in [1.82, 2.24) is 5.32 Å². The van der Waals surface area contributed by atoms with Crippen molar-refractivity contribution in [3.8, 4) is 11.5 Å². The maximum absolute atomic E-state index is 13.5. The van der Waals surface area contributed by atoms with E-state index in [1.54, 1.807) is 56.5 Å². The molecule has 0 aliphatic carbocycles. The van der Waals surface area contributed by atoms with Gasteiger partial charge in [-0.15, -0.1) is 0 Å². The monoisotopic (exact) mass is 488 g/mol. The minimum absolute atomic E-state index is 0.0313. The molecular formula is C24H25ClN2O5S. The number of hydrogen-bond donors (Lipinski definition) is 1. The lowest BCUT2D eigenvalue weighted by atomic mass is 10.1. The topological polar surface area (TPSA) is 84.9 Å². The zero-order valence-corrected chi connectivity index (χ0v) is 20.1. The fraction of sp³-hybridized carbons (Fsp3) is 0.208. The lowest BCUT2D eigenvalue weighted by Gasteiger charge is -2.25. The first kappa shape index (κ1) is 24.4. The number of benzene rings is 3. The van der Waals surface area contributed by atoms with Crippen molar-refractivity contribution < 1.29 is 22.7 Å². The minimum Gasteiger partial charge on any atom is -0.497 e. The van der Waals surface area contributed by atoms with Crippen LogP contribution in [0.25, 0.3) is 0 Å². The Balaban J connectivity index is 1.89. The molecule has 1 atom stereocenters. The Morgan fingerprint density at radius 2 is 1.61 bits per heavy atom. The number of carbonyl (C=O) groups is 1. The van der Waals surface area contributed by atoms with E-state index in [1.807, 2.05) is 18.2 Å². The van der Waals surface area contributed by atoms with Gasteiger partial charge >= 0.3 is 0 Å². The average molecular weight is 489 g/mol. The number of halogens is 1. The molecule has 0 fully saturated rings. The van der Waals surface area contributed by atoms with E-state index in [1.165, 1.54) is 19.2 Å². The first-order valence-corrected chi connectivity index (χ1v) is 11.9. The van der Waals surface area contributed by atoms with Crippen LogP contribution < -0.4 is 19.1 Å². The third-order valence-electron chi connectivity index (χ3n) is 5.03. The van der Waals surface area contributed by atoms with E-state index in [2.05, 4.69) is 5.32 Å². The number of nitrogens with one attached hydrogen (secondary N) is 1. The number of carbonyl (C=O) groups excluding carboxylic acids is 1. The van der Waals surface area contributed by atoms with E-state index in [0.29, 0.717) is 22.2 Å². The van der Waals surface area contributed by atoms with Crippen molar-refractivity contribution in [2.75, 3.05) is 25.1 Å². The van der Waals surface area contributed by atoms with Crippen molar-refractivity contribution in [1.29, 1.82) is 0 Å². The van der Waals surface area contributed by atoms with Crippen LogP contribution in [0.15, 0.2) is 77.7 Å². The quantitative estimate of drug-likeness (QED) is 0.481. The van der Waals surface area contributed by atoms with Crippen LogP contribution in [0.3, 0.4) is 0 Å². The summed E-state index contributed by atoms with van der Waals surface area (Å²) in [5, 5.41) is 3.31. The number of para-hydroxylation sites is 1. The highest BCUT2D eigenvalue weighted by atomic mass is 35.5. The van der Waals surface area contributed by atoms with Gasteiger partial charge in [-0.1, -0.05) is 29.8 Å². The van der Waals surface area contributed by atoms with Crippen molar-refractivity contribution >= 4 is 33.2 Å². The van der Waals surface area contributed by atoms with Crippen LogP contribution in [0, 0.1) is 0 Å². The normalized spacial score (nSPS) is 12.0. The Hall–Kier alpha value is -3.23. The summed E-state index contributed by atoms with van der Waals surface area (Å²) >= 11 is 5.98. The Morgan fingerprint density at radius 1 is 0.970 bits per heavy atom. The molecule has 1 amide bonds. The molecule has 0 aromatic heterocycles. The highest BCUT2D eigenvalue weighted by Gasteiger charge is 2.28. The van der Waals surface area contributed by atoms with Crippen molar-refractivity contribution in [2.45, 2.75) is 17.9 Å². The van der Waals surface area contributed by atoms with Gasteiger partial charge in [-0.2, -0.15) is 0 Å². The van der Waals surface area contributed by atoms with Gasteiger partial charge in [-0.3, -0.25) is 9.10 Å². The van der Waals surface area contributed by atoms with E-state index in [-0.39, 0.29) is 4.90 Å². The van der Waals surface area contributed by atoms with E-state index < -0.39 is 28.5 Å². The highest BCUT2D eigenvalue weighted by molar-refractivity contribution is 7.92. The largest absolute Gasteiger partial charge is 0.497 e. The number of nitrogens with zero attached hydrogens (tertiary/aromatic N) is 1. The molecule has 9 heteroatoms. The Labute approximate surface area is 198 Å². The van der Waals surface area contributed by atoms with Gasteiger partial charge < -0.3 is 14.8 Å². The standard InChI is InChI=1S/C24H25ClN2O5S/c1-17(22-6-4-5-7-23(22)32-3)26-24(28)16-27(19-10-8-18(25)9-11-19)33(29,30)21-14-12-20(31-2)13-15-21/h4-15,17H,16H2,1-3H3,(H,26,28)/t17-/m1/s1. The van der Waals surface area contributed by atoms with Crippen LogP contribution in [0.5, 0.6) is 11.5 Å². The molecular weight excluding hydrogens is 464 g/mol. The summed E-state index contributed by atoms with van der Waals surface area (Å²) < 4.78 is 38.4. The highest BCUT2D eigenvalue weighted by Crippen LogP contribution is 2.27. The van der Waals surface area contributed by atoms with E-state index in [9.17, 15) is 13.2 Å². The van der Waals surface area contributed by atoms with Crippen LogP contribution in [-0.2, 0) is 14.8 Å². The van der Waals surface area contributed by atoms with Gasteiger partial charge in [0.2, 0.25) is 5.91 Å². The van der Waals surface area contributed by atoms with Gasteiger partial charge in [0.1, 0.15) is 18.0 Å². The molecule has 0 aliphatic rings. The summed E-state index contributed by atoms with van der Waals surface area (Å²) in [4.78, 5) is 13.0. The summed E-state index contributed by atoms with van der Waals surface area (Å²) in [6, 6.07) is 19.2. The number of sulfonamides is 1. The summed E-state index contributed by atoms with van der Waals surface area (Å²) in [6.45, 7) is 1.38. The Kier molecular flexibility index (Phi) is 7.84. The van der Waals surface area contributed by atoms with Gasteiger partial charge in [-0.25, -0.2) is 8.42 Å². The van der Waals surface area contributed by atoms with Gasteiger partial charge in [0, 0.05) is 10.6 Å². The van der Waals surface area contributed by atoms with Crippen molar-refractivity contribution in [2.24, 2.45) is 0 Å². The molecule has 0 saturated heterocycles. The van der Waals surface area contributed by atoms with Crippen LogP contribution in [0.1, 0.15) is 18.5 Å². The molecule has 3 aromatic rings. The molecule has 0 unspecified atom stereocenters. The second-order valence-corrected chi connectivity index (χ2v) is 9.49. The molecule has 0 aliphatic heterocycles. The molecule has 0 bridgehead atoms. The molecule has 3 rings (SSSR count). The van der Waals surface area contributed by atoms with E-state index in [0.717, 1.165) is 9.87 Å². The molecule has 33 heavy (non-hydrogen) atoms. The smallest absolute Gasteiger partial charge is 0.264 e. The summed E-state index contributed by atoms with van der Waals surface area (Å²) in [5.74, 6) is 0.682. The summed E-state index contributed by atoms with van der Waals surface area (Å²) in [7, 11) is -1.00. The molecule has 0 radical (unpaired) electrons. The number of ether oxygens (including phenoxy) is 2. The molecule has 0 saturated carbocycles. The van der Waals surface area contributed by atoms with Gasteiger partial charge in [0.15, 0.2) is 0 Å². The molecule has 3 aromatic carbocycles. The van der Waals surface area contributed by atoms with Crippen LogP contribution in [0.4, 0.5) is 5.69 Å². The van der Waals surface area contributed by atoms with E-state index >= 15 is 0 Å². The maximum atomic E-state index is 13.5. The molecule has 0 spiro atoms. The summed E-state index contributed by atoms with van der Waals surface area (Å²) in [6.07, 6.45) is 0. The lowest BCUT2D eigenvalue weighted by molar-refractivity contribution is -0.120. The fourth-order valence-corrected chi connectivity index (χ4v) is 4.86. The number of hydrogen-bond acceptors (Lipinski definition) is 5. The predicted molar refractivity (Wildman–Crippen MR) is 129 cm³/mol. The fourth-order valence-electron chi connectivity index (χ4n) is 3.32. The molecule has 174 valence electrons. The average Bonchev–Trinajstić information content (AvgIpc) is 2.83. The molecule has 1 N–H and O–H groups in total. The molecule has 7 nitrogen and oxygen atoms in total. The van der Waals surface area contributed by atoms with Crippen LogP contribution in [0.2, 0.25) is 5.02 Å². The third-order valence-corrected chi connectivity index (χ3v) is 7.07. The van der Waals surface area contributed by atoms with Crippen LogP contribution in [-0.4, -0.2) is 35.1 Å². The Morgan fingerprint density at radius 3 is 2.21 bits per heavy atom. The third kappa shape index (κ3) is 5.77. The van der Waals surface area contributed by atoms with Gasteiger partial charge in [-0.05, 0) is 61.5 Å². The van der Waals surface area contributed by atoms with Crippen LogP contribution >= 0.6 is 11.6 Å². The van der Waals surface area contributed by atoms with Gasteiger partial charge in [0.25, 0.3) is 10.0 Å². The number of methoxy groups -OCH3 is 2. The maximum Gasteiger partial charge on any atom is 0.264 e. The molecule has 0 heterocycles. The number of anilines is 1. The zero-order chi connectivity index (χ0) is 24.0. The SMILES string of the molecule is COc1ccc(S(=O)(=O)N(CC(=O)N[C@H](C)c2ccccc2OC)c2ccc(Cl)cc2)cc1. The lowest BCUT2D eigenvalue weighted by Crippen LogP contribution is -2.41. The number of rotatable bonds is 9. The van der Waals surface area contributed by atoms with E-state index in [4.69, 9.17) is 21.1 Å². The Bertz CT molecular complexity index is 1200. The first-order chi connectivity index (χ1) is 15.8. The number of amides is 1. The second kappa shape index (κ2) is 10.6. The minimum atomic E-state index is -4.05. The summed E-state index contributed by atoms with van der Waals surface area (Å²) in [5.41, 5.74) is 1.10. The van der Waals surface area contributed by atoms with Crippen molar-refractivity contribution in [3.05, 3.63) is 83.4 Å².